The SMILES string of the molecule is COc1ccc([C@@]2(O)CCN3C[C@@H]4c5ccccc5CCc5cccc(c54)[C@H]3C2)cc1. The van der Waals surface area contributed by atoms with E-state index in [1.165, 1.54) is 27.8 Å². The van der Waals surface area contributed by atoms with Crippen molar-refractivity contribution in [3.05, 3.63) is 100 Å². The first-order valence-corrected chi connectivity index (χ1v) is 11.5. The molecule has 0 spiro atoms. The van der Waals surface area contributed by atoms with E-state index in [2.05, 4.69) is 47.4 Å². The lowest BCUT2D eigenvalue weighted by Gasteiger charge is -2.49. The Kier molecular flexibility index (Phi) is 4.45. The first kappa shape index (κ1) is 19.1. The van der Waals surface area contributed by atoms with Crippen LogP contribution in [-0.4, -0.2) is 30.2 Å². The van der Waals surface area contributed by atoms with Gasteiger partial charge in [0.25, 0.3) is 0 Å². The third kappa shape index (κ3) is 3.02. The lowest BCUT2D eigenvalue weighted by atomic mass is 9.72. The van der Waals surface area contributed by atoms with Gasteiger partial charge in [0.2, 0.25) is 0 Å². The fourth-order valence-corrected chi connectivity index (χ4v) is 6.24. The second kappa shape index (κ2) is 7.22. The molecule has 1 aliphatic carbocycles. The number of nitrogens with zero attached hydrogens (tertiary/aromatic N) is 1. The minimum Gasteiger partial charge on any atom is -0.497 e. The van der Waals surface area contributed by atoms with Gasteiger partial charge in [0.1, 0.15) is 5.75 Å². The Labute approximate surface area is 184 Å². The van der Waals surface area contributed by atoms with Crippen LogP contribution in [0.15, 0.2) is 66.7 Å². The molecule has 3 aromatic carbocycles. The van der Waals surface area contributed by atoms with Crippen molar-refractivity contribution in [3.8, 4) is 5.75 Å². The summed E-state index contributed by atoms with van der Waals surface area (Å²) < 4.78 is 5.32. The third-order valence-electron chi connectivity index (χ3n) is 7.86. The van der Waals surface area contributed by atoms with Crippen molar-refractivity contribution in [2.45, 2.75) is 43.2 Å². The Morgan fingerprint density at radius 1 is 0.903 bits per heavy atom. The summed E-state index contributed by atoms with van der Waals surface area (Å²) in [5.41, 5.74) is 7.66. The molecule has 6 rings (SSSR count). The first-order valence-electron chi connectivity index (χ1n) is 11.5. The zero-order valence-electron chi connectivity index (χ0n) is 18.1. The lowest BCUT2D eigenvalue weighted by molar-refractivity contribution is -0.0571. The molecule has 3 atom stereocenters. The highest BCUT2D eigenvalue weighted by atomic mass is 16.5. The van der Waals surface area contributed by atoms with Gasteiger partial charge in [-0.2, -0.15) is 0 Å². The summed E-state index contributed by atoms with van der Waals surface area (Å²) in [5.74, 6) is 1.27. The fourth-order valence-electron chi connectivity index (χ4n) is 6.24. The van der Waals surface area contributed by atoms with Gasteiger partial charge < -0.3 is 9.84 Å². The molecular weight excluding hydrogens is 382 g/mol. The quantitative estimate of drug-likeness (QED) is 0.647. The molecule has 2 heterocycles. The van der Waals surface area contributed by atoms with Crippen LogP contribution in [0, 0.1) is 0 Å². The molecule has 0 radical (unpaired) electrons. The second-order valence-corrected chi connectivity index (χ2v) is 9.40. The van der Waals surface area contributed by atoms with Crippen LogP contribution in [0.1, 0.15) is 58.2 Å². The number of fused-ring (bicyclic) bond motifs is 4. The number of methoxy groups -OCH3 is 1. The van der Waals surface area contributed by atoms with Crippen LogP contribution >= 0.6 is 0 Å². The summed E-state index contributed by atoms with van der Waals surface area (Å²) >= 11 is 0. The van der Waals surface area contributed by atoms with Crippen molar-refractivity contribution in [2.24, 2.45) is 0 Å². The van der Waals surface area contributed by atoms with E-state index in [-0.39, 0.29) is 6.04 Å². The molecule has 3 aromatic rings. The van der Waals surface area contributed by atoms with E-state index >= 15 is 0 Å². The predicted molar refractivity (Wildman–Crippen MR) is 123 cm³/mol. The minimum absolute atomic E-state index is 0.261. The van der Waals surface area contributed by atoms with Gasteiger partial charge in [-0.1, -0.05) is 54.6 Å². The average molecular weight is 412 g/mol. The third-order valence-corrected chi connectivity index (χ3v) is 7.86. The van der Waals surface area contributed by atoms with Crippen molar-refractivity contribution >= 4 is 0 Å². The molecule has 1 saturated heterocycles. The van der Waals surface area contributed by atoms with Crippen LogP contribution in [0.3, 0.4) is 0 Å². The summed E-state index contributed by atoms with van der Waals surface area (Å²) in [4.78, 5) is 2.62. The van der Waals surface area contributed by atoms with Gasteiger partial charge in [-0.25, -0.2) is 0 Å². The number of benzene rings is 3. The van der Waals surface area contributed by atoms with E-state index in [9.17, 15) is 5.11 Å². The van der Waals surface area contributed by atoms with E-state index in [0.717, 1.165) is 50.1 Å². The van der Waals surface area contributed by atoms with Crippen LogP contribution in [0.5, 0.6) is 5.75 Å². The van der Waals surface area contributed by atoms with Gasteiger partial charge in [-0.05, 0) is 64.8 Å². The highest BCUT2D eigenvalue weighted by molar-refractivity contribution is 5.51. The molecule has 0 amide bonds. The van der Waals surface area contributed by atoms with E-state index in [0.29, 0.717) is 5.92 Å². The average Bonchev–Trinajstić information content (AvgIpc) is 2.98. The number of piperidine rings is 1. The van der Waals surface area contributed by atoms with Crippen molar-refractivity contribution < 1.29 is 9.84 Å². The number of aryl methyl sites for hydroxylation is 2. The van der Waals surface area contributed by atoms with E-state index < -0.39 is 5.60 Å². The topological polar surface area (TPSA) is 32.7 Å². The maximum absolute atomic E-state index is 11.7. The summed E-state index contributed by atoms with van der Waals surface area (Å²) in [5, 5.41) is 11.7. The summed E-state index contributed by atoms with van der Waals surface area (Å²) in [6.07, 6.45) is 3.72. The van der Waals surface area contributed by atoms with Crippen LogP contribution in [-0.2, 0) is 18.4 Å². The highest BCUT2D eigenvalue weighted by Crippen LogP contribution is 2.50. The second-order valence-electron chi connectivity index (χ2n) is 9.40. The Morgan fingerprint density at radius 2 is 1.65 bits per heavy atom. The monoisotopic (exact) mass is 411 g/mol. The number of rotatable bonds is 2. The number of hydrogen-bond acceptors (Lipinski definition) is 3. The lowest BCUT2D eigenvalue weighted by Crippen LogP contribution is -2.48. The van der Waals surface area contributed by atoms with Gasteiger partial charge in [0, 0.05) is 31.5 Å². The molecular formula is C28H29NO2. The van der Waals surface area contributed by atoms with Gasteiger partial charge in [-0.3, -0.25) is 4.90 Å². The van der Waals surface area contributed by atoms with Crippen LogP contribution in [0.25, 0.3) is 0 Å². The van der Waals surface area contributed by atoms with Crippen LogP contribution in [0.2, 0.25) is 0 Å². The van der Waals surface area contributed by atoms with Gasteiger partial charge in [0.15, 0.2) is 0 Å². The van der Waals surface area contributed by atoms with Gasteiger partial charge in [0.05, 0.1) is 12.7 Å². The van der Waals surface area contributed by atoms with Gasteiger partial charge in [-0.15, -0.1) is 0 Å². The standard InChI is InChI=1S/C28H29NO2/c1-31-22-13-11-21(12-14-22)28(30)15-16-29-18-25-23-7-3-2-5-19(23)9-10-20-6-4-8-24(27(20)25)26(29)17-28/h2-8,11-14,25-26,30H,9-10,15-18H2,1H3/t25-,26-,28-/m1/s1. The summed E-state index contributed by atoms with van der Waals surface area (Å²) in [7, 11) is 1.68. The molecule has 3 nitrogen and oxygen atoms in total. The predicted octanol–water partition coefficient (Wildman–Crippen LogP) is 4.96. The van der Waals surface area contributed by atoms with Crippen LogP contribution in [0.4, 0.5) is 0 Å². The largest absolute Gasteiger partial charge is 0.497 e. The van der Waals surface area contributed by atoms with E-state index in [1.54, 1.807) is 7.11 Å². The van der Waals surface area contributed by atoms with Crippen molar-refractivity contribution in [1.29, 1.82) is 0 Å². The molecule has 0 bridgehead atoms. The molecule has 31 heavy (non-hydrogen) atoms. The van der Waals surface area contributed by atoms with Gasteiger partial charge >= 0.3 is 0 Å². The Balaban J connectivity index is 1.42. The molecule has 3 heteroatoms. The molecule has 0 unspecified atom stereocenters. The van der Waals surface area contributed by atoms with E-state index in [4.69, 9.17) is 4.74 Å². The molecule has 1 N–H and O–H groups in total. The number of aliphatic hydroxyl groups is 1. The Hall–Kier alpha value is -2.62. The fraction of sp³-hybridized carbons (Fsp3) is 0.357. The smallest absolute Gasteiger partial charge is 0.118 e. The highest BCUT2D eigenvalue weighted by Gasteiger charge is 2.45. The zero-order valence-corrected chi connectivity index (χ0v) is 18.1. The molecule has 2 aliphatic heterocycles. The zero-order chi connectivity index (χ0) is 21.0. The number of ether oxygens (including phenoxy) is 1. The molecule has 0 aromatic heterocycles. The molecule has 158 valence electrons. The maximum atomic E-state index is 11.7. The molecule has 0 saturated carbocycles. The normalized spacial score (nSPS) is 26.9. The minimum atomic E-state index is -0.800. The Bertz CT molecular complexity index is 1120. The van der Waals surface area contributed by atoms with E-state index in [1.807, 2.05) is 24.3 Å². The summed E-state index contributed by atoms with van der Waals surface area (Å²) in [6.45, 7) is 1.96. The number of hydrogen-bond donors (Lipinski definition) is 1. The Morgan fingerprint density at radius 3 is 2.48 bits per heavy atom. The van der Waals surface area contributed by atoms with Crippen molar-refractivity contribution in [1.82, 2.24) is 4.90 Å². The molecule has 1 fully saturated rings. The van der Waals surface area contributed by atoms with Crippen molar-refractivity contribution in [3.63, 3.8) is 0 Å². The maximum Gasteiger partial charge on any atom is 0.118 e. The molecule has 3 aliphatic rings. The first-order chi connectivity index (χ1) is 15.2. The van der Waals surface area contributed by atoms with Crippen LogP contribution < -0.4 is 4.74 Å². The summed E-state index contributed by atoms with van der Waals surface area (Å²) in [6, 6.07) is 24.1. The van der Waals surface area contributed by atoms with Crippen molar-refractivity contribution in [2.75, 3.05) is 20.2 Å².